The van der Waals surface area contributed by atoms with Gasteiger partial charge in [0.1, 0.15) is 18.4 Å². The van der Waals surface area contributed by atoms with Gasteiger partial charge in [0.2, 0.25) is 5.89 Å². The summed E-state index contributed by atoms with van der Waals surface area (Å²) in [6, 6.07) is 15.9. The Morgan fingerprint density at radius 2 is 1.89 bits per heavy atom. The van der Waals surface area contributed by atoms with Crippen LogP contribution in [0.2, 0.25) is 0 Å². The molecule has 2 aromatic heterocycles. The van der Waals surface area contributed by atoms with Crippen LogP contribution in [0.25, 0.3) is 22.2 Å². The molecule has 1 N–H and O–H groups in total. The second kappa shape index (κ2) is 10.9. The molecule has 2 heterocycles. The maximum Gasteiger partial charge on any atom is 0.411 e. The average Bonchev–Trinajstić information content (AvgIpc) is 3.44. The van der Waals surface area contributed by atoms with E-state index in [2.05, 4.69) is 26.2 Å². The van der Waals surface area contributed by atoms with E-state index in [9.17, 15) is 10.1 Å². The lowest BCUT2D eigenvalue weighted by molar-refractivity contribution is 0.130. The van der Waals surface area contributed by atoms with Crippen molar-refractivity contribution in [3.63, 3.8) is 0 Å². The highest BCUT2D eigenvalue weighted by molar-refractivity contribution is 5.96. The Balaban J connectivity index is 1.46. The number of amides is 1. The van der Waals surface area contributed by atoms with Gasteiger partial charge in [-0.05, 0) is 62.9 Å². The zero-order valence-electron chi connectivity index (χ0n) is 21.6. The molecule has 0 aliphatic heterocycles. The van der Waals surface area contributed by atoms with Crippen LogP contribution in [0, 0.1) is 11.3 Å². The van der Waals surface area contributed by atoms with E-state index in [4.69, 9.17) is 18.6 Å². The van der Waals surface area contributed by atoms with Gasteiger partial charge in [-0.3, -0.25) is 5.32 Å². The van der Waals surface area contributed by atoms with Gasteiger partial charge in [-0.2, -0.15) is 5.26 Å². The topological polar surface area (TPSA) is 124 Å². The van der Waals surface area contributed by atoms with Crippen LogP contribution in [-0.2, 0) is 22.7 Å². The number of aromatic nitrogens is 3. The molecule has 1 aliphatic rings. The van der Waals surface area contributed by atoms with Gasteiger partial charge in [0.25, 0.3) is 5.89 Å². The highest BCUT2D eigenvalue weighted by atomic mass is 16.6. The number of ether oxygens (including phenoxy) is 3. The van der Waals surface area contributed by atoms with Crippen molar-refractivity contribution in [3.05, 3.63) is 59.8 Å². The molecule has 1 fully saturated rings. The molecule has 10 heteroatoms. The number of nitrogens with zero attached hydrogens (tertiary/aromatic N) is 4. The van der Waals surface area contributed by atoms with Gasteiger partial charge in [0.05, 0.1) is 22.9 Å². The largest absolute Gasteiger partial charge is 0.484 e. The van der Waals surface area contributed by atoms with Gasteiger partial charge in [0.15, 0.2) is 6.61 Å². The molecule has 0 atom stereocenters. The minimum absolute atomic E-state index is 0.123. The highest BCUT2D eigenvalue weighted by Gasteiger charge is 2.28. The average molecular weight is 516 g/mol. The Hall–Kier alpha value is -4.36. The SMILES string of the molecule is COCc1nnc(COc2ccc3c(C#N)c(-c4ccc(NC(=O)OC(C)C)cc4)n(C4CCC4)c3c2)o1. The van der Waals surface area contributed by atoms with Gasteiger partial charge in [0, 0.05) is 30.3 Å². The molecule has 1 aliphatic carbocycles. The molecule has 4 aromatic rings. The zero-order chi connectivity index (χ0) is 26.6. The summed E-state index contributed by atoms with van der Waals surface area (Å²) in [5, 5.41) is 21.7. The zero-order valence-corrected chi connectivity index (χ0v) is 21.6. The maximum absolute atomic E-state index is 12.0. The minimum Gasteiger partial charge on any atom is -0.484 e. The van der Waals surface area contributed by atoms with Gasteiger partial charge in [-0.1, -0.05) is 12.1 Å². The van der Waals surface area contributed by atoms with Gasteiger partial charge in [-0.25, -0.2) is 4.79 Å². The van der Waals surface area contributed by atoms with E-state index in [0.29, 0.717) is 28.8 Å². The molecule has 10 nitrogen and oxygen atoms in total. The van der Waals surface area contributed by atoms with Crippen LogP contribution in [-0.4, -0.2) is 34.1 Å². The Kier molecular flexibility index (Phi) is 7.29. The molecule has 1 saturated carbocycles. The summed E-state index contributed by atoms with van der Waals surface area (Å²) < 4.78 is 23.9. The molecule has 0 saturated heterocycles. The summed E-state index contributed by atoms with van der Waals surface area (Å²) in [7, 11) is 1.56. The molecule has 1 amide bonds. The first kappa shape index (κ1) is 25.3. The van der Waals surface area contributed by atoms with Crippen molar-refractivity contribution in [1.29, 1.82) is 5.26 Å². The van der Waals surface area contributed by atoms with Crippen LogP contribution in [0.4, 0.5) is 10.5 Å². The normalized spacial score (nSPS) is 13.3. The first-order valence-corrected chi connectivity index (χ1v) is 12.6. The number of carbonyl (C=O) groups excluding carboxylic acids is 1. The van der Waals surface area contributed by atoms with E-state index in [1.54, 1.807) is 21.0 Å². The van der Waals surface area contributed by atoms with Crippen LogP contribution in [0.5, 0.6) is 5.75 Å². The van der Waals surface area contributed by atoms with Crippen LogP contribution in [0.15, 0.2) is 46.9 Å². The van der Waals surface area contributed by atoms with Crippen molar-refractivity contribution < 1.29 is 23.4 Å². The number of nitrogens with one attached hydrogen (secondary N) is 1. The third-order valence-corrected chi connectivity index (χ3v) is 6.41. The van der Waals surface area contributed by atoms with E-state index in [-0.39, 0.29) is 25.4 Å². The third-order valence-electron chi connectivity index (χ3n) is 6.41. The van der Waals surface area contributed by atoms with Crippen molar-refractivity contribution in [2.45, 2.75) is 58.5 Å². The first-order chi connectivity index (χ1) is 18.5. The summed E-state index contributed by atoms with van der Waals surface area (Å²) in [6.45, 7) is 3.96. The lowest BCUT2D eigenvalue weighted by Gasteiger charge is -2.30. The number of hydrogen-bond acceptors (Lipinski definition) is 8. The van der Waals surface area contributed by atoms with E-state index in [0.717, 1.165) is 41.4 Å². The van der Waals surface area contributed by atoms with Crippen molar-refractivity contribution in [1.82, 2.24) is 14.8 Å². The van der Waals surface area contributed by atoms with Crippen LogP contribution < -0.4 is 10.1 Å². The molecular weight excluding hydrogens is 486 g/mol. The van der Waals surface area contributed by atoms with Crippen molar-refractivity contribution in [3.8, 4) is 23.1 Å². The Morgan fingerprint density at radius 3 is 2.53 bits per heavy atom. The Labute approximate surface area is 220 Å². The van der Waals surface area contributed by atoms with Crippen LogP contribution in [0.1, 0.15) is 56.5 Å². The summed E-state index contributed by atoms with van der Waals surface area (Å²) in [5.41, 5.74) is 3.93. The Morgan fingerprint density at radius 1 is 1.16 bits per heavy atom. The predicted octanol–water partition coefficient (Wildman–Crippen LogP) is 5.97. The number of anilines is 1. The number of benzene rings is 2. The lowest BCUT2D eigenvalue weighted by atomic mass is 9.92. The van der Waals surface area contributed by atoms with Crippen molar-refractivity contribution in [2.75, 3.05) is 12.4 Å². The maximum atomic E-state index is 12.0. The van der Waals surface area contributed by atoms with Crippen molar-refractivity contribution >= 4 is 22.7 Å². The molecule has 0 radical (unpaired) electrons. The fourth-order valence-electron chi connectivity index (χ4n) is 4.55. The summed E-state index contributed by atoms with van der Waals surface area (Å²) >= 11 is 0. The Bertz CT molecular complexity index is 1480. The molecule has 38 heavy (non-hydrogen) atoms. The molecule has 0 spiro atoms. The smallest absolute Gasteiger partial charge is 0.411 e. The second-order valence-electron chi connectivity index (χ2n) is 9.44. The number of hydrogen-bond donors (Lipinski definition) is 1. The van der Waals surface area contributed by atoms with E-state index in [1.165, 1.54) is 0 Å². The summed E-state index contributed by atoms with van der Waals surface area (Å²) in [4.78, 5) is 12.0. The van der Waals surface area contributed by atoms with Crippen LogP contribution >= 0.6 is 0 Å². The fourth-order valence-corrected chi connectivity index (χ4v) is 4.55. The number of carbonyl (C=O) groups is 1. The summed E-state index contributed by atoms with van der Waals surface area (Å²) in [5.74, 6) is 1.39. The molecule has 0 bridgehead atoms. The van der Waals surface area contributed by atoms with Gasteiger partial charge in [-0.15, -0.1) is 10.2 Å². The number of nitriles is 1. The van der Waals surface area contributed by atoms with E-state index in [1.807, 2.05) is 42.5 Å². The number of fused-ring (bicyclic) bond motifs is 1. The first-order valence-electron chi connectivity index (χ1n) is 12.6. The standard InChI is InChI=1S/C28H29N5O5/c1-17(2)37-28(34)30-19-9-7-18(8-10-19)27-23(14-29)22-12-11-21(13-24(22)33(27)20-5-4-6-20)36-16-26-32-31-25(38-26)15-35-3/h7-13,17,20H,4-6,15-16H2,1-3H3,(H,30,34). The number of rotatable bonds is 9. The fraction of sp³-hybridized carbons (Fsp3) is 0.357. The number of methoxy groups -OCH3 is 1. The van der Waals surface area contributed by atoms with E-state index >= 15 is 0 Å². The lowest BCUT2D eigenvalue weighted by Crippen LogP contribution is -2.18. The quantitative estimate of drug-likeness (QED) is 0.289. The van der Waals surface area contributed by atoms with Crippen LogP contribution in [0.3, 0.4) is 0 Å². The van der Waals surface area contributed by atoms with Gasteiger partial charge < -0.3 is 23.2 Å². The molecule has 2 aromatic carbocycles. The molecule has 196 valence electrons. The third kappa shape index (κ3) is 5.19. The van der Waals surface area contributed by atoms with Gasteiger partial charge >= 0.3 is 6.09 Å². The van der Waals surface area contributed by atoms with Crippen molar-refractivity contribution in [2.24, 2.45) is 0 Å². The highest BCUT2D eigenvalue weighted by Crippen LogP contribution is 2.43. The second-order valence-corrected chi connectivity index (χ2v) is 9.44. The molecular formula is C28H29N5O5. The monoisotopic (exact) mass is 515 g/mol. The molecule has 5 rings (SSSR count). The minimum atomic E-state index is -0.503. The molecule has 0 unspecified atom stereocenters. The van der Waals surface area contributed by atoms with E-state index < -0.39 is 6.09 Å². The predicted molar refractivity (Wildman–Crippen MR) is 140 cm³/mol. The summed E-state index contributed by atoms with van der Waals surface area (Å²) in [6.07, 6.45) is 2.51.